The Balaban J connectivity index is 2.07. The Kier molecular flexibility index (Phi) is 3.99. The van der Waals surface area contributed by atoms with Crippen LogP contribution in [0.5, 0.6) is 0 Å². The van der Waals surface area contributed by atoms with Gasteiger partial charge in [-0.1, -0.05) is 0 Å². The fourth-order valence-corrected chi connectivity index (χ4v) is 2.03. The molecule has 4 heteroatoms. The van der Waals surface area contributed by atoms with Crippen molar-refractivity contribution in [1.82, 2.24) is 9.97 Å². The largest absolute Gasteiger partial charge is 0.338 e. The van der Waals surface area contributed by atoms with Gasteiger partial charge < -0.3 is 4.90 Å². The van der Waals surface area contributed by atoms with E-state index in [0.717, 1.165) is 24.5 Å². The first-order valence-electron chi connectivity index (χ1n) is 5.92. The van der Waals surface area contributed by atoms with Crippen molar-refractivity contribution in [3.63, 3.8) is 0 Å². The van der Waals surface area contributed by atoms with E-state index < -0.39 is 0 Å². The molecule has 0 spiro atoms. The first kappa shape index (κ1) is 11.6. The van der Waals surface area contributed by atoms with E-state index in [-0.39, 0.29) is 0 Å². The molecule has 1 saturated carbocycles. The number of nitrogens with zero attached hydrogens (tertiary/aromatic N) is 3. The molecule has 0 unspecified atom stereocenters. The predicted octanol–water partition coefficient (Wildman–Crippen LogP) is 2.77. The molecule has 0 atom stereocenters. The molecule has 3 nitrogen and oxygen atoms in total. The summed E-state index contributed by atoms with van der Waals surface area (Å²) in [6.45, 7) is 2.98. The third-order valence-corrected chi connectivity index (χ3v) is 3.34. The second-order valence-corrected chi connectivity index (χ2v) is 4.76. The molecule has 0 N–H and O–H groups in total. The zero-order chi connectivity index (χ0) is 11.4. The lowest BCUT2D eigenvalue weighted by molar-refractivity contribution is 0.381. The molecule has 0 amide bonds. The van der Waals surface area contributed by atoms with Crippen LogP contribution in [0.4, 0.5) is 5.95 Å². The molecule has 0 aliphatic heterocycles. The van der Waals surface area contributed by atoms with Gasteiger partial charge in [-0.2, -0.15) is 0 Å². The van der Waals surface area contributed by atoms with Crippen LogP contribution in [0.1, 0.15) is 31.2 Å². The van der Waals surface area contributed by atoms with Crippen molar-refractivity contribution < 1.29 is 0 Å². The van der Waals surface area contributed by atoms with E-state index in [1.54, 1.807) is 0 Å². The molecule has 1 aromatic rings. The molecule has 16 heavy (non-hydrogen) atoms. The molecule has 0 bridgehead atoms. The molecule has 0 radical (unpaired) electrons. The topological polar surface area (TPSA) is 29.0 Å². The van der Waals surface area contributed by atoms with E-state index in [1.807, 2.05) is 19.3 Å². The van der Waals surface area contributed by atoms with Gasteiger partial charge >= 0.3 is 0 Å². The van der Waals surface area contributed by atoms with Gasteiger partial charge in [0.15, 0.2) is 0 Å². The van der Waals surface area contributed by atoms with Gasteiger partial charge in [0.05, 0.1) is 0 Å². The highest BCUT2D eigenvalue weighted by atomic mass is 35.5. The molecule has 1 aliphatic rings. The van der Waals surface area contributed by atoms with Crippen molar-refractivity contribution in [2.24, 2.45) is 0 Å². The summed E-state index contributed by atoms with van der Waals surface area (Å²) in [5.74, 6) is 1.56. The summed E-state index contributed by atoms with van der Waals surface area (Å²) < 4.78 is 0. The quantitative estimate of drug-likeness (QED) is 0.740. The minimum atomic E-state index is 0.630. The van der Waals surface area contributed by atoms with Gasteiger partial charge in [-0.15, -0.1) is 11.6 Å². The standard InChI is InChI=1S/C12H18ClN3/c1-10-8-14-12(15-9-10)16(7-3-6-13)11-4-2-5-11/h8-9,11H,2-7H2,1H3. The van der Waals surface area contributed by atoms with Crippen molar-refractivity contribution in [1.29, 1.82) is 0 Å². The van der Waals surface area contributed by atoms with E-state index >= 15 is 0 Å². The second kappa shape index (κ2) is 5.48. The lowest BCUT2D eigenvalue weighted by Gasteiger charge is -2.37. The van der Waals surface area contributed by atoms with E-state index in [4.69, 9.17) is 11.6 Å². The van der Waals surface area contributed by atoms with Gasteiger partial charge in [0.25, 0.3) is 0 Å². The molecular formula is C12H18ClN3. The molecule has 2 rings (SSSR count). The van der Waals surface area contributed by atoms with E-state index in [2.05, 4.69) is 14.9 Å². The van der Waals surface area contributed by atoms with Gasteiger partial charge in [0, 0.05) is 30.9 Å². The molecule has 1 aliphatic carbocycles. The average Bonchev–Trinajstić information content (AvgIpc) is 2.23. The fraction of sp³-hybridized carbons (Fsp3) is 0.667. The highest BCUT2D eigenvalue weighted by Gasteiger charge is 2.26. The normalized spacial score (nSPS) is 15.9. The summed E-state index contributed by atoms with van der Waals surface area (Å²) in [7, 11) is 0. The minimum absolute atomic E-state index is 0.630. The summed E-state index contributed by atoms with van der Waals surface area (Å²) >= 11 is 5.76. The summed E-state index contributed by atoms with van der Waals surface area (Å²) in [6.07, 6.45) is 8.62. The molecule has 0 saturated heterocycles. The maximum absolute atomic E-state index is 5.76. The van der Waals surface area contributed by atoms with Crippen molar-refractivity contribution >= 4 is 17.5 Å². The zero-order valence-corrected chi connectivity index (χ0v) is 10.5. The number of hydrogen-bond acceptors (Lipinski definition) is 3. The molecule has 0 aromatic carbocycles. The van der Waals surface area contributed by atoms with E-state index in [9.17, 15) is 0 Å². The van der Waals surface area contributed by atoms with Crippen LogP contribution in [0.15, 0.2) is 12.4 Å². The lowest BCUT2D eigenvalue weighted by Crippen LogP contribution is -2.42. The van der Waals surface area contributed by atoms with Crippen molar-refractivity contribution in [2.45, 2.75) is 38.6 Å². The maximum atomic E-state index is 5.76. The zero-order valence-electron chi connectivity index (χ0n) is 9.69. The van der Waals surface area contributed by atoms with E-state index in [1.165, 1.54) is 19.3 Å². The highest BCUT2D eigenvalue weighted by molar-refractivity contribution is 6.17. The van der Waals surface area contributed by atoms with Crippen LogP contribution in [0.25, 0.3) is 0 Å². The minimum Gasteiger partial charge on any atom is -0.338 e. The Morgan fingerprint density at radius 3 is 2.56 bits per heavy atom. The Morgan fingerprint density at radius 2 is 2.06 bits per heavy atom. The number of aromatic nitrogens is 2. The van der Waals surface area contributed by atoms with Gasteiger partial charge in [-0.25, -0.2) is 9.97 Å². The number of rotatable bonds is 5. The second-order valence-electron chi connectivity index (χ2n) is 4.38. The van der Waals surface area contributed by atoms with Crippen LogP contribution < -0.4 is 4.90 Å². The summed E-state index contributed by atoms with van der Waals surface area (Å²) in [5, 5.41) is 0. The SMILES string of the molecule is Cc1cnc(N(CCCCl)C2CCC2)nc1. The first-order chi connectivity index (χ1) is 7.81. The molecule has 1 fully saturated rings. The Bertz CT molecular complexity index is 322. The van der Waals surface area contributed by atoms with Crippen LogP contribution in [-0.2, 0) is 0 Å². The lowest BCUT2D eigenvalue weighted by atomic mass is 9.91. The van der Waals surface area contributed by atoms with Crippen LogP contribution in [-0.4, -0.2) is 28.4 Å². The molecule has 1 heterocycles. The summed E-state index contributed by atoms with van der Waals surface area (Å²) in [4.78, 5) is 11.1. The number of anilines is 1. The summed E-state index contributed by atoms with van der Waals surface area (Å²) in [5.41, 5.74) is 1.11. The van der Waals surface area contributed by atoms with Gasteiger partial charge in [-0.3, -0.25) is 0 Å². The highest BCUT2D eigenvalue weighted by Crippen LogP contribution is 2.27. The molecule has 88 valence electrons. The number of aryl methyl sites for hydroxylation is 1. The van der Waals surface area contributed by atoms with Crippen LogP contribution in [0.2, 0.25) is 0 Å². The first-order valence-corrected chi connectivity index (χ1v) is 6.46. The number of halogens is 1. The number of hydrogen-bond donors (Lipinski definition) is 0. The summed E-state index contributed by atoms with van der Waals surface area (Å²) in [6, 6.07) is 0.630. The van der Waals surface area contributed by atoms with Crippen LogP contribution in [0.3, 0.4) is 0 Å². The molecule has 1 aromatic heterocycles. The Morgan fingerprint density at radius 1 is 1.38 bits per heavy atom. The van der Waals surface area contributed by atoms with Crippen LogP contribution in [0, 0.1) is 6.92 Å². The van der Waals surface area contributed by atoms with Crippen molar-refractivity contribution in [2.75, 3.05) is 17.3 Å². The van der Waals surface area contributed by atoms with Gasteiger partial charge in [-0.05, 0) is 38.2 Å². The van der Waals surface area contributed by atoms with Crippen molar-refractivity contribution in [3.8, 4) is 0 Å². The van der Waals surface area contributed by atoms with Gasteiger partial charge in [0.1, 0.15) is 0 Å². The smallest absolute Gasteiger partial charge is 0.225 e. The maximum Gasteiger partial charge on any atom is 0.225 e. The Hall–Kier alpha value is -0.830. The predicted molar refractivity (Wildman–Crippen MR) is 67.1 cm³/mol. The number of alkyl halides is 1. The Labute approximate surface area is 102 Å². The average molecular weight is 240 g/mol. The van der Waals surface area contributed by atoms with E-state index in [0.29, 0.717) is 11.9 Å². The third-order valence-electron chi connectivity index (χ3n) is 3.07. The fourth-order valence-electron chi connectivity index (χ4n) is 1.91. The van der Waals surface area contributed by atoms with Gasteiger partial charge in [0.2, 0.25) is 5.95 Å². The molecular weight excluding hydrogens is 222 g/mol. The van der Waals surface area contributed by atoms with Crippen LogP contribution >= 0.6 is 11.6 Å². The third kappa shape index (κ3) is 2.64. The van der Waals surface area contributed by atoms with Crippen molar-refractivity contribution in [3.05, 3.63) is 18.0 Å². The monoisotopic (exact) mass is 239 g/mol.